The van der Waals surface area contributed by atoms with Crippen LogP contribution in [-0.2, 0) is 21.2 Å². The standard InChI is InChI=1S/C15H22N2O3S/c1-5-10(2)16-21(19,20)14-6-7-15-13(9-14)8-11(3)17(15)12(4)18/h6-7,9-11,16H,5,8H2,1-4H3/t10-,11+/m0/s1. The van der Waals surface area contributed by atoms with Gasteiger partial charge in [0.25, 0.3) is 0 Å². The van der Waals surface area contributed by atoms with E-state index in [1.165, 1.54) is 6.92 Å². The van der Waals surface area contributed by atoms with Gasteiger partial charge in [-0.3, -0.25) is 4.79 Å². The molecule has 116 valence electrons. The first-order valence-corrected chi connectivity index (χ1v) is 8.69. The summed E-state index contributed by atoms with van der Waals surface area (Å²) in [5.41, 5.74) is 1.72. The van der Waals surface area contributed by atoms with Gasteiger partial charge in [-0.15, -0.1) is 0 Å². The normalized spacial score (nSPS) is 19.4. The first-order valence-electron chi connectivity index (χ1n) is 7.21. The van der Waals surface area contributed by atoms with Gasteiger partial charge in [-0.05, 0) is 50.5 Å². The largest absolute Gasteiger partial charge is 0.309 e. The van der Waals surface area contributed by atoms with E-state index in [-0.39, 0.29) is 22.9 Å². The minimum absolute atomic E-state index is 0.0189. The van der Waals surface area contributed by atoms with Crippen LogP contribution in [0.5, 0.6) is 0 Å². The van der Waals surface area contributed by atoms with Crippen molar-refractivity contribution in [1.29, 1.82) is 0 Å². The molecular formula is C15H22N2O3S. The Morgan fingerprint density at radius 1 is 1.48 bits per heavy atom. The lowest BCUT2D eigenvalue weighted by Crippen LogP contribution is -2.33. The third kappa shape index (κ3) is 3.11. The van der Waals surface area contributed by atoms with Crippen molar-refractivity contribution in [1.82, 2.24) is 4.72 Å². The van der Waals surface area contributed by atoms with Crippen LogP contribution in [0.25, 0.3) is 0 Å². The number of nitrogens with one attached hydrogen (secondary N) is 1. The number of carbonyl (C=O) groups is 1. The van der Waals surface area contributed by atoms with Crippen LogP contribution in [-0.4, -0.2) is 26.4 Å². The number of fused-ring (bicyclic) bond motifs is 1. The van der Waals surface area contributed by atoms with Gasteiger partial charge in [-0.25, -0.2) is 13.1 Å². The number of hydrogen-bond acceptors (Lipinski definition) is 3. The van der Waals surface area contributed by atoms with E-state index in [0.29, 0.717) is 6.42 Å². The summed E-state index contributed by atoms with van der Waals surface area (Å²) in [7, 11) is -3.50. The molecule has 0 spiro atoms. The average Bonchev–Trinajstić information content (AvgIpc) is 2.72. The highest BCUT2D eigenvalue weighted by Gasteiger charge is 2.30. The summed E-state index contributed by atoms with van der Waals surface area (Å²) >= 11 is 0. The SMILES string of the molecule is CC[C@H](C)NS(=O)(=O)c1ccc2c(c1)C[C@@H](C)N2C(C)=O. The van der Waals surface area contributed by atoms with Crippen molar-refractivity contribution in [2.45, 2.75) is 57.5 Å². The number of hydrogen-bond donors (Lipinski definition) is 1. The van der Waals surface area contributed by atoms with Gasteiger partial charge >= 0.3 is 0 Å². The fourth-order valence-corrected chi connectivity index (χ4v) is 4.05. The summed E-state index contributed by atoms with van der Waals surface area (Å²) in [6.45, 7) is 7.26. The van der Waals surface area contributed by atoms with Gasteiger partial charge in [0.1, 0.15) is 0 Å². The van der Waals surface area contributed by atoms with Crippen LogP contribution in [0.4, 0.5) is 5.69 Å². The molecule has 1 aliphatic rings. The third-order valence-electron chi connectivity index (χ3n) is 3.88. The van der Waals surface area contributed by atoms with E-state index >= 15 is 0 Å². The van der Waals surface area contributed by atoms with Crippen molar-refractivity contribution >= 4 is 21.6 Å². The Labute approximate surface area is 126 Å². The van der Waals surface area contributed by atoms with Crippen LogP contribution in [0.1, 0.15) is 39.7 Å². The molecule has 21 heavy (non-hydrogen) atoms. The van der Waals surface area contributed by atoms with Crippen LogP contribution in [0.15, 0.2) is 23.1 Å². The minimum Gasteiger partial charge on any atom is -0.309 e. The van der Waals surface area contributed by atoms with Crippen LogP contribution in [0.3, 0.4) is 0 Å². The van der Waals surface area contributed by atoms with Crippen LogP contribution in [0.2, 0.25) is 0 Å². The molecule has 1 amide bonds. The number of nitrogens with zero attached hydrogens (tertiary/aromatic N) is 1. The zero-order valence-electron chi connectivity index (χ0n) is 12.9. The maximum absolute atomic E-state index is 12.3. The highest BCUT2D eigenvalue weighted by Crippen LogP contribution is 2.33. The molecule has 0 aromatic heterocycles. The third-order valence-corrected chi connectivity index (χ3v) is 5.47. The maximum atomic E-state index is 12.3. The van der Waals surface area contributed by atoms with Crippen molar-refractivity contribution in [3.63, 3.8) is 0 Å². The predicted molar refractivity (Wildman–Crippen MR) is 82.8 cm³/mol. The summed E-state index contributed by atoms with van der Waals surface area (Å²) in [6, 6.07) is 4.94. The van der Waals surface area contributed by atoms with Gasteiger partial charge in [0, 0.05) is 24.7 Å². The number of anilines is 1. The highest BCUT2D eigenvalue weighted by molar-refractivity contribution is 7.89. The molecule has 0 aliphatic carbocycles. The Bertz CT molecular complexity index is 655. The van der Waals surface area contributed by atoms with E-state index in [0.717, 1.165) is 17.7 Å². The maximum Gasteiger partial charge on any atom is 0.240 e. The molecule has 2 rings (SSSR count). The molecule has 1 aromatic rings. The van der Waals surface area contributed by atoms with Crippen molar-refractivity contribution in [3.05, 3.63) is 23.8 Å². The molecule has 0 bridgehead atoms. The Hall–Kier alpha value is -1.40. The summed E-state index contributed by atoms with van der Waals surface area (Å²) in [6.07, 6.45) is 1.42. The van der Waals surface area contributed by atoms with E-state index in [4.69, 9.17) is 0 Å². The molecule has 1 aliphatic heterocycles. The van der Waals surface area contributed by atoms with Crippen LogP contribution < -0.4 is 9.62 Å². The topological polar surface area (TPSA) is 66.5 Å². The zero-order chi connectivity index (χ0) is 15.8. The molecule has 1 N–H and O–H groups in total. The second-order valence-electron chi connectivity index (χ2n) is 5.66. The molecule has 1 heterocycles. The molecule has 0 saturated heterocycles. The number of carbonyl (C=O) groups excluding carboxylic acids is 1. The number of sulfonamides is 1. The fraction of sp³-hybridized carbons (Fsp3) is 0.533. The van der Waals surface area contributed by atoms with Crippen LogP contribution in [0, 0.1) is 0 Å². The highest BCUT2D eigenvalue weighted by atomic mass is 32.2. The van der Waals surface area contributed by atoms with Crippen molar-refractivity contribution < 1.29 is 13.2 Å². The lowest BCUT2D eigenvalue weighted by molar-refractivity contribution is -0.116. The molecule has 0 saturated carbocycles. The molecule has 6 heteroatoms. The first-order chi connectivity index (χ1) is 9.76. The number of rotatable bonds is 4. The van der Waals surface area contributed by atoms with Crippen molar-refractivity contribution in [2.75, 3.05) is 4.90 Å². The minimum atomic E-state index is -3.50. The quantitative estimate of drug-likeness (QED) is 0.925. The zero-order valence-corrected chi connectivity index (χ0v) is 13.7. The second kappa shape index (κ2) is 5.77. The van der Waals surface area contributed by atoms with E-state index in [2.05, 4.69) is 4.72 Å². The molecule has 2 atom stereocenters. The van der Waals surface area contributed by atoms with Gasteiger partial charge in [0.05, 0.1) is 4.90 Å². The molecule has 0 fully saturated rings. The van der Waals surface area contributed by atoms with E-state index < -0.39 is 10.0 Å². The Balaban J connectivity index is 2.36. The summed E-state index contributed by atoms with van der Waals surface area (Å²) < 4.78 is 27.3. The van der Waals surface area contributed by atoms with Gasteiger partial charge < -0.3 is 4.90 Å². The first kappa shape index (κ1) is 16.0. The monoisotopic (exact) mass is 310 g/mol. The van der Waals surface area contributed by atoms with Gasteiger partial charge in [-0.1, -0.05) is 6.92 Å². The molecule has 1 aromatic carbocycles. The Morgan fingerprint density at radius 2 is 2.14 bits per heavy atom. The second-order valence-corrected chi connectivity index (χ2v) is 7.38. The molecule has 0 radical (unpaired) electrons. The smallest absolute Gasteiger partial charge is 0.240 e. The Kier molecular flexibility index (Phi) is 4.39. The molecule has 5 nitrogen and oxygen atoms in total. The van der Waals surface area contributed by atoms with Crippen molar-refractivity contribution in [3.8, 4) is 0 Å². The van der Waals surface area contributed by atoms with E-state index in [9.17, 15) is 13.2 Å². The average molecular weight is 310 g/mol. The summed E-state index contributed by atoms with van der Waals surface area (Å²) in [5.74, 6) is -0.0189. The van der Waals surface area contributed by atoms with E-state index in [1.54, 1.807) is 23.1 Å². The van der Waals surface area contributed by atoms with Gasteiger partial charge in [-0.2, -0.15) is 0 Å². The van der Waals surface area contributed by atoms with E-state index in [1.807, 2.05) is 20.8 Å². The number of amides is 1. The summed E-state index contributed by atoms with van der Waals surface area (Å²) in [4.78, 5) is 13.7. The Morgan fingerprint density at radius 3 is 2.71 bits per heavy atom. The lowest BCUT2D eigenvalue weighted by Gasteiger charge is -2.20. The van der Waals surface area contributed by atoms with Crippen molar-refractivity contribution in [2.24, 2.45) is 0 Å². The molecular weight excluding hydrogens is 288 g/mol. The predicted octanol–water partition coefficient (Wildman–Crippen LogP) is 2.06. The fourth-order valence-electron chi connectivity index (χ4n) is 2.67. The van der Waals surface area contributed by atoms with Crippen LogP contribution >= 0.6 is 0 Å². The number of benzene rings is 1. The lowest BCUT2D eigenvalue weighted by atomic mass is 10.1. The summed E-state index contributed by atoms with van der Waals surface area (Å²) in [5, 5.41) is 0. The molecule has 0 unspecified atom stereocenters. The van der Waals surface area contributed by atoms with Gasteiger partial charge in [0.15, 0.2) is 0 Å². The van der Waals surface area contributed by atoms with Gasteiger partial charge in [0.2, 0.25) is 15.9 Å².